The molecule has 4 rings (SSSR count). The van der Waals surface area contributed by atoms with Gasteiger partial charge in [-0.2, -0.15) is 0 Å². The van der Waals surface area contributed by atoms with Crippen molar-refractivity contribution in [1.82, 2.24) is 0 Å². The molecule has 0 spiro atoms. The van der Waals surface area contributed by atoms with E-state index in [1.54, 1.807) is 36.9 Å². The van der Waals surface area contributed by atoms with Crippen molar-refractivity contribution in [3.63, 3.8) is 0 Å². The van der Waals surface area contributed by atoms with E-state index in [2.05, 4.69) is 22.2 Å². The van der Waals surface area contributed by atoms with Crippen molar-refractivity contribution in [3.8, 4) is 0 Å². The van der Waals surface area contributed by atoms with E-state index in [0.717, 1.165) is 16.9 Å². The summed E-state index contributed by atoms with van der Waals surface area (Å²) in [6, 6.07) is 28.9. The highest BCUT2D eigenvalue weighted by molar-refractivity contribution is 7.98. The van der Waals surface area contributed by atoms with Crippen molar-refractivity contribution in [2.45, 2.75) is 22.5 Å². The van der Waals surface area contributed by atoms with Crippen LogP contribution in [0.15, 0.2) is 107 Å². The number of thioether (sulfide) groups is 1. The zero-order chi connectivity index (χ0) is 24.8. The Balaban J connectivity index is 1.45. The summed E-state index contributed by atoms with van der Waals surface area (Å²) in [7, 11) is -3.99. The minimum Gasteiger partial charge on any atom is -0.322 e. The molecule has 4 aromatic carbocycles. The van der Waals surface area contributed by atoms with Crippen molar-refractivity contribution < 1.29 is 13.2 Å². The van der Waals surface area contributed by atoms with Crippen molar-refractivity contribution in [2.24, 2.45) is 0 Å². The molecule has 0 aliphatic heterocycles. The van der Waals surface area contributed by atoms with Crippen molar-refractivity contribution >= 4 is 50.7 Å². The number of anilines is 2. The molecule has 1 amide bonds. The average Bonchev–Trinajstić information content (AvgIpc) is 2.85. The number of amides is 1. The van der Waals surface area contributed by atoms with Crippen LogP contribution in [0.25, 0.3) is 0 Å². The van der Waals surface area contributed by atoms with Crippen LogP contribution in [0.1, 0.15) is 21.5 Å². The normalized spacial score (nSPS) is 11.1. The number of sulfonamides is 1. The number of nitrogens with one attached hydrogen (secondary N) is 2. The fourth-order valence-corrected chi connectivity index (χ4v) is 5.84. The number of benzene rings is 4. The Morgan fingerprint density at radius 3 is 2.29 bits per heavy atom. The Bertz CT molecular complexity index is 1440. The van der Waals surface area contributed by atoms with Crippen LogP contribution in [0.5, 0.6) is 0 Å². The van der Waals surface area contributed by atoms with Crippen LogP contribution in [0.4, 0.5) is 11.4 Å². The zero-order valence-electron chi connectivity index (χ0n) is 18.9. The lowest BCUT2D eigenvalue weighted by Gasteiger charge is -2.13. The van der Waals surface area contributed by atoms with Gasteiger partial charge < -0.3 is 5.32 Å². The lowest BCUT2D eigenvalue weighted by atomic mass is 10.2. The molecule has 0 atom stereocenters. The van der Waals surface area contributed by atoms with E-state index in [1.807, 2.05) is 48.5 Å². The molecule has 0 aliphatic rings. The molecular formula is C27H23ClN2O3S2. The molecule has 178 valence electrons. The average molecular weight is 523 g/mol. The third-order valence-corrected chi connectivity index (χ3v) is 8.16. The maximum atomic E-state index is 13.0. The molecule has 0 bridgehead atoms. The van der Waals surface area contributed by atoms with E-state index < -0.39 is 15.9 Å². The number of hydrogen-bond acceptors (Lipinski definition) is 4. The second kappa shape index (κ2) is 11.0. The largest absolute Gasteiger partial charge is 0.322 e. The third kappa shape index (κ3) is 6.45. The summed E-state index contributed by atoms with van der Waals surface area (Å²) >= 11 is 7.92. The van der Waals surface area contributed by atoms with Crippen molar-refractivity contribution in [3.05, 3.63) is 119 Å². The highest BCUT2D eigenvalue weighted by Gasteiger charge is 2.21. The van der Waals surface area contributed by atoms with Crippen LogP contribution in [0.3, 0.4) is 0 Å². The van der Waals surface area contributed by atoms with Crippen LogP contribution < -0.4 is 10.0 Å². The molecule has 0 fully saturated rings. The molecule has 0 unspecified atom stereocenters. The number of hydrogen-bond donors (Lipinski definition) is 2. The maximum absolute atomic E-state index is 13.0. The van der Waals surface area contributed by atoms with E-state index >= 15 is 0 Å². The van der Waals surface area contributed by atoms with Gasteiger partial charge in [0.2, 0.25) is 0 Å². The molecule has 35 heavy (non-hydrogen) atoms. The fraction of sp³-hybridized carbons (Fsp3) is 0.0741. The predicted molar refractivity (Wildman–Crippen MR) is 144 cm³/mol. The Kier molecular flexibility index (Phi) is 7.80. The van der Waals surface area contributed by atoms with Gasteiger partial charge in [0.25, 0.3) is 15.9 Å². The van der Waals surface area contributed by atoms with Crippen LogP contribution >= 0.6 is 23.4 Å². The van der Waals surface area contributed by atoms with Crippen LogP contribution in [0.2, 0.25) is 5.02 Å². The second-order valence-electron chi connectivity index (χ2n) is 7.82. The summed E-state index contributed by atoms with van der Waals surface area (Å²) in [5.74, 6) is 0.380. The van der Waals surface area contributed by atoms with Gasteiger partial charge in [0.05, 0.1) is 10.7 Å². The topological polar surface area (TPSA) is 75.3 Å². The third-order valence-electron chi connectivity index (χ3n) is 5.23. The summed E-state index contributed by atoms with van der Waals surface area (Å²) in [5, 5.41) is 2.84. The Hall–Kier alpha value is -3.26. The summed E-state index contributed by atoms with van der Waals surface area (Å²) in [6.45, 7) is 1.80. The number of aryl methyl sites for hydroxylation is 1. The zero-order valence-corrected chi connectivity index (χ0v) is 21.3. The first kappa shape index (κ1) is 24.9. The summed E-state index contributed by atoms with van der Waals surface area (Å²) in [4.78, 5) is 13.9. The highest BCUT2D eigenvalue weighted by atomic mass is 35.5. The van der Waals surface area contributed by atoms with E-state index in [0.29, 0.717) is 11.4 Å². The Morgan fingerprint density at radius 2 is 1.57 bits per heavy atom. The van der Waals surface area contributed by atoms with E-state index in [4.69, 9.17) is 11.6 Å². The van der Waals surface area contributed by atoms with Gasteiger partial charge in [-0.3, -0.25) is 9.52 Å². The molecule has 0 saturated heterocycles. The molecule has 5 nitrogen and oxygen atoms in total. The van der Waals surface area contributed by atoms with Gasteiger partial charge in [0.15, 0.2) is 0 Å². The van der Waals surface area contributed by atoms with E-state index in [-0.39, 0.29) is 15.5 Å². The van der Waals surface area contributed by atoms with Gasteiger partial charge in [-0.25, -0.2) is 8.42 Å². The minimum atomic E-state index is -3.99. The first-order chi connectivity index (χ1) is 16.8. The van der Waals surface area contributed by atoms with Crippen LogP contribution in [-0.4, -0.2) is 14.3 Å². The number of carbonyl (C=O) groups is 1. The molecule has 0 aliphatic carbocycles. The number of halogens is 1. The smallest absolute Gasteiger partial charge is 0.263 e. The fourth-order valence-electron chi connectivity index (χ4n) is 3.31. The van der Waals surface area contributed by atoms with Gasteiger partial charge in [-0.05, 0) is 66.6 Å². The molecule has 8 heteroatoms. The van der Waals surface area contributed by atoms with Gasteiger partial charge in [0, 0.05) is 21.9 Å². The second-order valence-corrected chi connectivity index (χ2v) is 10.9. The standard InChI is InChI=1S/C27H23ClN2O3S2/c1-19-7-5-6-10-25(19)30-35(32,33)26-17-21(13-16-24(26)28)27(31)29-22-14-11-20(12-15-22)18-34-23-8-3-2-4-9-23/h2-17,30H,18H2,1H3,(H,29,31). The lowest BCUT2D eigenvalue weighted by molar-refractivity contribution is 0.102. The monoisotopic (exact) mass is 522 g/mol. The van der Waals surface area contributed by atoms with Gasteiger partial charge >= 0.3 is 0 Å². The first-order valence-electron chi connectivity index (χ1n) is 10.8. The van der Waals surface area contributed by atoms with Crippen LogP contribution in [0, 0.1) is 6.92 Å². The first-order valence-corrected chi connectivity index (χ1v) is 13.6. The maximum Gasteiger partial charge on any atom is 0.263 e. The molecule has 2 N–H and O–H groups in total. The van der Waals surface area contributed by atoms with Crippen molar-refractivity contribution in [1.29, 1.82) is 0 Å². The Labute approximate surface area is 214 Å². The lowest BCUT2D eigenvalue weighted by Crippen LogP contribution is -2.17. The molecule has 0 heterocycles. The predicted octanol–water partition coefficient (Wildman–Crippen LogP) is 6.99. The van der Waals surface area contributed by atoms with E-state index in [1.165, 1.54) is 23.1 Å². The molecule has 0 saturated carbocycles. The molecular weight excluding hydrogens is 500 g/mol. The minimum absolute atomic E-state index is 0.0305. The molecule has 0 aromatic heterocycles. The summed E-state index contributed by atoms with van der Waals surface area (Å²) in [5.41, 5.74) is 3.14. The molecule has 0 radical (unpaired) electrons. The highest BCUT2D eigenvalue weighted by Crippen LogP contribution is 2.27. The quantitative estimate of drug-likeness (QED) is 0.244. The number of rotatable bonds is 8. The number of para-hydroxylation sites is 1. The van der Waals surface area contributed by atoms with Crippen LogP contribution in [-0.2, 0) is 15.8 Å². The van der Waals surface area contributed by atoms with Crippen molar-refractivity contribution in [2.75, 3.05) is 10.0 Å². The van der Waals surface area contributed by atoms with Gasteiger partial charge in [0.1, 0.15) is 4.90 Å². The summed E-state index contributed by atoms with van der Waals surface area (Å²) in [6.07, 6.45) is 0. The summed E-state index contributed by atoms with van der Waals surface area (Å²) < 4.78 is 28.5. The number of carbonyl (C=O) groups excluding carboxylic acids is 1. The SMILES string of the molecule is Cc1ccccc1NS(=O)(=O)c1cc(C(=O)Nc2ccc(CSc3ccccc3)cc2)ccc1Cl. The molecule has 4 aromatic rings. The van der Waals surface area contributed by atoms with E-state index in [9.17, 15) is 13.2 Å². The van der Waals surface area contributed by atoms with Gasteiger partial charge in [-0.15, -0.1) is 11.8 Å². The Morgan fingerprint density at radius 1 is 0.886 bits per heavy atom. The van der Waals surface area contributed by atoms with Gasteiger partial charge in [-0.1, -0.05) is 60.1 Å².